The van der Waals surface area contributed by atoms with Crippen LogP contribution in [0.25, 0.3) is 0 Å². The number of quaternary nitrogens is 1. The molecular formula is C21H25NO3S. The van der Waals surface area contributed by atoms with E-state index in [1.54, 1.807) is 31.3 Å². The van der Waals surface area contributed by atoms with Crippen LogP contribution in [0.4, 0.5) is 0 Å². The summed E-state index contributed by atoms with van der Waals surface area (Å²) in [5.74, 6) is 0.238. The Morgan fingerprint density at radius 2 is 1.58 bits per heavy atom. The Labute approximate surface area is 155 Å². The van der Waals surface area contributed by atoms with Gasteiger partial charge < -0.3 is 9.85 Å². The third kappa shape index (κ3) is 3.08. The van der Waals surface area contributed by atoms with Crippen LogP contribution in [-0.4, -0.2) is 37.4 Å². The molecule has 2 fully saturated rings. The summed E-state index contributed by atoms with van der Waals surface area (Å²) < 4.78 is 26.2. The summed E-state index contributed by atoms with van der Waals surface area (Å²) in [5, 5.41) is 13.0. The average molecular weight is 372 g/mol. The highest BCUT2D eigenvalue weighted by Crippen LogP contribution is 2.49. The molecule has 5 heteroatoms. The number of hydrogen-bond donors (Lipinski definition) is 0. The van der Waals surface area contributed by atoms with Gasteiger partial charge in [-0.3, -0.25) is 0 Å². The molecule has 4 atom stereocenters. The van der Waals surface area contributed by atoms with Crippen LogP contribution in [-0.2, 0) is 16.3 Å². The summed E-state index contributed by atoms with van der Waals surface area (Å²) in [6.07, 6.45) is 3.01. The number of sulfone groups is 1. The highest BCUT2D eigenvalue weighted by molar-refractivity contribution is 7.92. The molecule has 0 spiro atoms. The quantitative estimate of drug-likeness (QED) is 0.596. The van der Waals surface area contributed by atoms with E-state index in [4.69, 9.17) is 0 Å². The maximum atomic E-state index is 13.6. The maximum absolute atomic E-state index is 13.6. The minimum Gasteiger partial charge on any atom is -0.633 e. The van der Waals surface area contributed by atoms with Crippen molar-refractivity contribution in [2.24, 2.45) is 5.92 Å². The van der Waals surface area contributed by atoms with Crippen LogP contribution in [0.5, 0.6) is 0 Å². The Hall–Kier alpha value is -1.69. The van der Waals surface area contributed by atoms with Crippen molar-refractivity contribution in [3.63, 3.8) is 0 Å². The molecule has 0 aromatic heterocycles. The normalized spacial score (nSPS) is 31.8. The van der Waals surface area contributed by atoms with E-state index in [0.717, 1.165) is 18.4 Å². The molecule has 138 valence electrons. The zero-order valence-corrected chi connectivity index (χ0v) is 15.8. The monoisotopic (exact) mass is 371 g/mol. The van der Waals surface area contributed by atoms with Gasteiger partial charge in [-0.05, 0) is 30.5 Å². The summed E-state index contributed by atoms with van der Waals surface area (Å²) >= 11 is 0. The lowest BCUT2D eigenvalue weighted by Gasteiger charge is -2.46. The second-order valence-corrected chi connectivity index (χ2v) is 10.0. The predicted molar refractivity (Wildman–Crippen MR) is 102 cm³/mol. The lowest BCUT2D eigenvalue weighted by Crippen LogP contribution is -2.53. The van der Waals surface area contributed by atoms with E-state index in [0.29, 0.717) is 17.7 Å². The molecule has 1 saturated carbocycles. The van der Waals surface area contributed by atoms with E-state index in [-0.39, 0.29) is 18.0 Å². The van der Waals surface area contributed by atoms with Crippen molar-refractivity contribution in [1.29, 1.82) is 0 Å². The fourth-order valence-electron chi connectivity index (χ4n) is 4.60. The van der Waals surface area contributed by atoms with E-state index in [9.17, 15) is 13.6 Å². The van der Waals surface area contributed by atoms with Crippen molar-refractivity contribution in [2.75, 3.05) is 7.05 Å². The van der Waals surface area contributed by atoms with Gasteiger partial charge >= 0.3 is 0 Å². The number of benzene rings is 2. The van der Waals surface area contributed by atoms with Crippen LogP contribution in [0.15, 0.2) is 65.6 Å². The van der Waals surface area contributed by atoms with Crippen molar-refractivity contribution in [3.8, 4) is 0 Å². The third-order valence-electron chi connectivity index (χ3n) is 6.09. The topological polar surface area (TPSA) is 57.2 Å². The third-order valence-corrected chi connectivity index (χ3v) is 8.29. The van der Waals surface area contributed by atoms with Crippen LogP contribution in [0, 0.1) is 11.1 Å². The number of nitrogens with zero attached hydrogens (tertiary/aromatic N) is 1. The number of hydroxylamine groups is 3. The summed E-state index contributed by atoms with van der Waals surface area (Å²) in [4.78, 5) is 0.344. The summed E-state index contributed by atoms with van der Waals surface area (Å²) in [7, 11) is -1.81. The molecule has 1 heterocycles. The van der Waals surface area contributed by atoms with Gasteiger partial charge in [0, 0.05) is 18.8 Å². The number of rotatable bonds is 5. The second-order valence-electron chi connectivity index (χ2n) is 7.86. The fraction of sp³-hybridized carbons (Fsp3) is 0.429. The molecule has 2 aliphatic rings. The van der Waals surface area contributed by atoms with E-state index < -0.39 is 19.7 Å². The Bertz CT molecular complexity index is 861. The van der Waals surface area contributed by atoms with E-state index in [2.05, 4.69) is 0 Å². The van der Waals surface area contributed by atoms with Crippen LogP contribution < -0.4 is 0 Å². The van der Waals surface area contributed by atoms with Gasteiger partial charge in [-0.25, -0.2) is 8.42 Å². The molecule has 0 N–H and O–H groups in total. The van der Waals surface area contributed by atoms with Crippen molar-refractivity contribution in [2.45, 2.75) is 47.9 Å². The highest BCUT2D eigenvalue weighted by Gasteiger charge is 2.58. The van der Waals surface area contributed by atoms with Crippen molar-refractivity contribution < 1.29 is 13.1 Å². The first-order valence-corrected chi connectivity index (χ1v) is 10.8. The molecule has 26 heavy (non-hydrogen) atoms. The minimum absolute atomic E-state index is 0.216. The van der Waals surface area contributed by atoms with E-state index >= 15 is 0 Å². The number of likely N-dealkylation sites (N-methyl/N-ethyl adjacent to an activating group) is 1. The molecule has 4 nitrogen and oxygen atoms in total. The molecule has 2 aromatic carbocycles. The van der Waals surface area contributed by atoms with Gasteiger partial charge in [0.2, 0.25) is 0 Å². The first-order valence-electron chi connectivity index (χ1n) is 9.30. The van der Waals surface area contributed by atoms with E-state index in [1.165, 1.54) is 0 Å². The molecule has 0 unspecified atom stereocenters. The molecule has 1 saturated heterocycles. The zero-order valence-electron chi connectivity index (χ0n) is 15.0. The maximum Gasteiger partial charge on any atom is 0.187 e. The van der Waals surface area contributed by atoms with Gasteiger partial charge in [-0.1, -0.05) is 48.5 Å². The standard InChI is InChI=1S/C21H25NO3S/c1-22(23)18(14-16-8-4-2-5-9-16)15-20(21(22)17-12-13-17)26(24,25)19-10-6-3-7-11-19/h2-11,17-18,20-21H,12-15H2,1H3/t18-,20-,21-,22-/m0/s1. The molecule has 4 rings (SSSR count). The molecule has 0 amide bonds. The Morgan fingerprint density at radius 1 is 1.00 bits per heavy atom. The van der Waals surface area contributed by atoms with Crippen LogP contribution in [0.3, 0.4) is 0 Å². The molecule has 0 radical (unpaired) electrons. The molecule has 0 bridgehead atoms. The average Bonchev–Trinajstić information content (AvgIpc) is 3.42. The highest BCUT2D eigenvalue weighted by atomic mass is 32.2. The first-order chi connectivity index (χ1) is 12.4. The lowest BCUT2D eigenvalue weighted by atomic mass is 10.0. The zero-order chi connectivity index (χ0) is 18.4. The fourth-order valence-corrected chi connectivity index (χ4v) is 6.79. The molecule has 2 aromatic rings. The van der Waals surface area contributed by atoms with Crippen LogP contribution in [0.1, 0.15) is 24.8 Å². The van der Waals surface area contributed by atoms with Gasteiger partial charge in [0.15, 0.2) is 9.84 Å². The van der Waals surface area contributed by atoms with Gasteiger partial charge in [0.05, 0.1) is 18.0 Å². The van der Waals surface area contributed by atoms with Gasteiger partial charge in [-0.15, -0.1) is 0 Å². The molecular weight excluding hydrogens is 346 g/mol. The largest absolute Gasteiger partial charge is 0.633 e. The van der Waals surface area contributed by atoms with Gasteiger partial charge in [-0.2, -0.15) is 0 Å². The Morgan fingerprint density at radius 3 is 2.15 bits per heavy atom. The van der Waals surface area contributed by atoms with E-state index in [1.807, 2.05) is 36.4 Å². The summed E-state index contributed by atoms with van der Waals surface area (Å²) in [6.45, 7) is 0. The van der Waals surface area contributed by atoms with Gasteiger partial charge in [0.25, 0.3) is 0 Å². The van der Waals surface area contributed by atoms with Crippen LogP contribution >= 0.6 is 0 Å². The van der Waals surface area contributed by atoms with Crippen LogP contribution in [0.2, 0.25) is 0 Å². The summed E-state index contributed by atoms with van der Waals surface area (Å²) in [5.41, 5.74) is 1.10. The Kier molecular flexibility index (Phi) is 4.41. The summed E-state index contributed by atoms with van der Waals surface area (Å²) in [6, 6.07) is 18.0. The minimum atomic E-state index is -3.50. The first kappa shape index (κ1) is 17.7. The Balaban J connectivity index is 1.68. The SMILES string of the molecule is C[N@+]1([O-])[C@@H](Cc2ccccc2)C[C@H](S(=O)(=O)c2ccccc2)[C@@H]1C1CC1. The number of hydrogen-bond acceptors (Lipinski definition) is 3. The molecule has 1 aliphatic heterocycles. The smallest absolute Gasteiger partial charge is 0.187 e. The number of likely N-dealkylation sites (tertiary alicyclic amines) is 1. The lowest BCUT2D eigenvalue weighted by molar-refractivity contribution is -0.898. The molecule has 1 aliphatic carbocycles. The van der Waals surface area contributed by atoms with Crippen molar-refractivity contribution in [3.05, 3.63) is 71.4 Å². The second kappa shape index (κ2) is 6.48. The van der Waals surface area contributed by atoms with Crippen molar-refractivity contribution >= 4 is 9.84 Å². The van der Waals surface area contributed by atoms with Crippen molar-refractivity contribution in [1.82, 2.24) is 0 Å². The predicted octanol–water partition coefficient (Wildman–Crippen LogP) is 3.57. The van der Waals surface area contributed by atoms with Gasteiger partial charge in [0.1, 0.15) is 11.3 Å².